The fourth-order valence-electron chi connectivity index (χ4n) is 1.69. The molecule has 0 aromatic carbocycles. The fraction of sp³-hybridized carbons (Fsp3) is 0.929. The largest absolute Gasteiger partial charge is 0.460 e. The molecule has 0 heterocycles. The van der Waals surface area contributed by atoms with Crippen LogP contribution in [-0.2, 0) is 9.53 Å². The number of hydrogen-bond donors (Lipinski definition) is 1. The Kier molecular flexibility index (Phi) is 9.02. The SMILES string of the molecule is CCCN(CC)CCNCCC(=O)OC(C)(C)C. The molecule has 4 heteroatoms. The van der Waals surface area contributed by atoms with E-state index in [0.29, 0.717) is 13.0 Å². The second kappa shape index (κ2) is 9.34. The van der Waals surface area contributed by atoms with Gasteiger partial charge in [-0.3, -0.25) is 4.79 Å². The number of hydrogen-bond acceptors (Lipinski definition) is 4. The molecule has 0 saturated heterocycles. The first-order valence-corrected chi connectivity index (χ1v) is 7.04. The van der Waals surface area contributed by atoms with Crippen LogP contribution in [0.3, 0.4) is 0 Å². The number of ether oxygens (including phenoxy) is 1. The Labute approximate surface area is 112 Å². The molecule has 0 aromatic rings. The van der Waals surface area contributed by atoms with Crippen molar-refractivity contribution in [3.63, 3.8) is 0 Å². The van der Waals surface area contributed by atoms with Crippen LogP contribution in [0, 0.1) is 0 Å². The van der Waals surface area contributed by atoms with Gasteiger partial charge in [0.05, 0.1) is 6.42 Å². The van der Waals surface area contributed by atoms with Crippen molar-refractivity contribution >= 4 is 5.97 Å². The van der Waals surface area contributed by atoms with Crippen molar-refractivity contribution in [2.45, 2.75) is 53.1 Å². The minimum atomic E-state index is -0.378. The summed E-state index contributed by atoms with van der Waals surface area (Å²) in [4.78, 5) is 13.8. The van der Waals surface area contributed by atoms with Crippen LogP contribution in [0.15, 0.2) is 0 Å². The molecule has 0 bridgehead atoms. The Bertz CT molecular complexity index is 224. The molecule has 0 saturated carbocycles. The topological polar surface area (TPSA) is 41.6 Å². The van der Waals surface area contributed by atoms with E-state index in [-0.39, 0.29) is 11.6 Å². The number of nitrogens with one attached hydrogen (secondary N) is 1. The van der Waals surface area contributed by atoms with Crippen molar-refractivity contribution in [3.8, 4) is 0 Å². The third-order valence-corrected chi connectivity index (χ3v) is 2.52. The van der Waals surface area contributed by atoms with E-state index in [1.165, 1.54) is 6.42 Å². The average Bonchev–Trinajstić information content (AvgIpc) is 2.24. The van der Waals surface area contributed by atoms with Crippen LogP contribution in [0.5, 0.6) is 0 Å². The Hall–Kier alpha value is -0.610. The number of esters is 1. The van der Waals surface area contributed by atoms with Gasteiger partial charge in [0.2, 0.25) is 0 Å². The summed E-state index contributed by atoms with van der Waals surface area (Å²) in [6, 6.07) is 0. The van der Waals surface area contributed by atoms with Crippen LogP contribution < -0.4 is 5.32 Å². The third kappa shape index (κ3) is 10.5. The van der Waals surface area contributed by atoms with E-state index in [1.54, 1.807) is 0 Å². The van der Waals surface area contributed by atoms with Gasteiger partial charge in [0, 0.05) is 19.6 Å². The second-order valence-electron chi connectivity index (χ2n) is 5.52. The second-order valence-corrected chi connectivity index (χ2v) is 5.52. The van der Waals surface area contributed by atoms with Gasteiger partial charge in [-0.2, -0.15) is 0 Å². The van der Waals surface area contributed by atoms with E-state index >= 15 is 0 Å². The van der Waals surface area contributed by atoms with Crippen molar-refractivity contribution in [1.82, 2.24) is 10.2 Å². The summed E-state index contributed by atoms with van der Waals surface area (Å²) >= 11 is 0. The maximum Gasteiger partial charge on any atom is 0.307 e. The molecule has 0 aromatic heterocycles. The van der Waals surface area contributed by atoms with Crippen molar-refractivity contribution in [3.05, 3.63) is 0 Å². The fourth-order valence-corrected chi connectivity index (χ4v) is 1.69. The number of carbonyl (C=O) groups is 1. The van der Waals surface area contributed by atoms with Crippen LogP contribution in [0.25, 0.3) is 0 Å². The van der Waals surface area contributed by atoms with Gasteiger partial charge in [0.15, 0.2) is 0 Å². The molecule has 0 radical (unpaired) electrons. The van der Waals surface area contributed by atoms with Crippen molar-refractivity contribution < 1.29 is 9.53 Å². The summed E-state index contributed by atoms with van der Waals surface area (Å²) in [5, 5.41) is 3.28. The predicted molar refractivity (Wildman–Crippen MR) is 75.7 cm³/mol. The lowest BCUT2D eigenvalue weighted by Crippen LogP contribution is -2.34. The Morgan fingerprint density at radius 2 is 1.83 bits per heavy atom. The van der Waals surface area contributed by atoms with E-state index in [9.17, 15) is 4.79 Å². The van der Waals surface area contributed by atoms with E-state index in [1.807, 2.05) is 20.8 Å². The zero-order valence-electron chi connectivity index (χ0n) is 12.7. The van der Waals surface area contributed by atoms with Crippen LogP contribution >= 0.6 is 0 Å². The Balaban J connectivity index is 3.53. The van der Waals surface area contributed by atoms with E-state index in [2.05, 4.69) is 24.1 Å². The van der Waals surface area contributed by atoms with Crippen molar-refractivity contribution in [2.24, 2.45) is 0 Å². The lowest BCUT2D eigenvalue weighted by molar-refractivity contribution is -0.154. The van der Waals surface area contributed by atoms with E-state index in [4.69, 9.17) is 4.74 Å². The number of likely N-dealkylation sites (N-methyl/N-ethyl adjacent to an activating group) is 1. The number of rotatable bonds is 9. The smallest absolute Gasteiger partial charge is 0.307 e. The zero-order valence-corrected chi connectivity index (χ0v) is 12.7. The molecule has 1 N–H and O–H groups in total. The number of carbonyl (C=O) groups excluding carboxylic acids is 1. The minimum absolute atomic E-state index is 0.129. The third-order valence-electron chi connectivity index (χ3n) is 2.52. The molecule has 0 unspecified atom stereocenters. The molecule has 4 nitrogen and oxygen atoms in total. The highest BCUT2D eigenvalue weighted by Crippen LogP contribution is 2.07. The highest BCUT2D eigenvalue weighted by molar-refractivity contribution is 5.70. The first-order valence-electron chi connectivity index (χ1n) is 7.04. The summed E-state index contributed by atoms with van der Waals surface area (Å²) in [6.07, 6.45) is 1.63. The maximum atomic E-state index is 11.4. The van der Waals surface area contributed by atoms with E-state index in [0.717, 1.165) is 26.2 Å². The van der Waals surface area contributed by atoms with Gasteiger partial charge in [-0.15, -0.1) is 0 Å². The van der Waals surface area contributed by atoms with Crippen LogP contribution in [-0.4, -0.2) is 49.2 Å². The van der Waals surface area contributed by atoms with E-state index < -0.39 is 0 Å². The lowest BCUT2D eigenvalue weighted by atomic mass is 10.2. The molecule has 0 fully saturated rings. The zero-order chi connectivity index (χ0) is 14.0. The first-order chi connectivity index (χ1) is 8.39. The Morgan fingerprint density at radius 3 is 2.33 bits per heavy atom. The van der Waals surface area contributed by atoms with Gasteiger partial charge in [-0.1, -0.05) is 13.8 Å². The molecular weight excluding hydrogens is 228 g/mol. The predicted octanol–water partition coefficient (Wildman–Crippen LogP) is 2.04. The first kappa shape index (κ1) is 17.4. The molecule has 0 amide bonds. The normalized spacial score (nSPS) is 11.9. The summed E-state index contributed by atoms with van der Waals surface area (Å²) in [5.74, 6) is -0.129. The molecule has 0 rings (SSSR count). The summed E-state index contributed by atoms with van der Waals surface area (Å²) < 4.78 is 5.24. The highest BCUT2D eigenvalue weighted by Gasteiger charge is 2.15. The van der Waals surface area contributed by atoms with Gasteiger partial charge in [-0.25, -0.2) is 0 Å². The molecular formula is C14H30N2O2. The van der Waals surface area contributed by atoms with Gasteiger partial charge in [0.1, 0.15) is 5.60 Å². The minimum Gasteiger partial charge on any atom is -0.460 e. The Morgan fingerprint density at radius 1 is 1.17 bits per heavy atom. The lowest BCUT2D eigenvalue weighted by Gasteiger charge is -2.20. The summed E-state index contributed by atoms with van der Waals surface area (Å²) in [7, 11) is 0. The van der Waals surface area contributed by atoms with Gasteiger partial charge < -0.3 is 15.0 Å². The molecule has 0 aliphatic carbocycles. The molecule has 0 spiro atoms. The summed E-state index contributed by atoms with van der Waals surface area (Å²) in [5.41, 5.74) is -0.378. The highest BCUT2D eigenvalue weighted by atomic mass is 16.6. The number of nitrogens with zero attached hydrogens (tertiary/aromatic N) is 1. The quantitative estimate of drug-likeness (QED) is 0.507. The van der Waals surface area contributed by atoms with Crippen LogP contribution in [0.1, 0.15) is 47.5 Å². The van der Waals surface area contributed by atoms with Crippen LogP contribution in [0.4, 0.5) is 0 Å². The van der Waals surface area contributed by atoms with Crippen molar-refractivity contribution in [2.75, 3.05) is 32.7 Å². The standard InChI is InChI=1S/C14H30N2O2/c1-6-11-16(7-2)12-10-15-9-8-13(17)18-14(3,4)5/h15H,6-12H2,1-5H3. The van der Waals surface area contributed by atoms with Gasteiger partial charge in [-0.05, 0) is 40.3 Å². The monoisotopic (exact) mass is 258 g/mol. The van der Waals surface area contributed by atoms with Gasteiger partial charge in [0.25, 0.3) is 0 Å². The molecule has 0 atom stereocenters. The molecule has 0 aliphatic rings. The molecule has 0 aliphatic heterocycles. The summed E-state index contributed by atoms with van der Waals surface area (Å²) in [6.45, 7) is 14.9. The maximum absolute atomic E-state index is 11.4. The van der Waals surface area contributed by atoms with Gasteiger partial charge >= 0.3 is 5.97 Å². The molecule has 18 heavy (non-hydrogen) atoms. The molecule has 108 valence electrons. The average molecular weight is 258 g/mol. The van der Waals surface area contributed by atoms with Crippen LogP contribution in [0.2, 0.25) is 0 Å². The van der Waals surface area contributed by atoms with Crippen molar-refractivity contribution in [1.29, 1.82) is 0 Å².